The highest BCUT2D eigenvalue weighted by atomic mass is 35.5. The molecule has 1 aromatic heterocycles. The molecule has 27 heavy (non-hydrogen) atoms. The quantitative estimate of drug-likeness (QED) is 0.815. The van der Waals surface area contributed by atoms with Gasteiger partial charge < -0.3 is 15.5 Å². The van der Waals surface area contributed by atoms with Crippen LogP contribution in [0.15, 0.2) is 36.5 Å². The third-order valence-electron chi connectivity index (χ3n) is 4.68. The van der Waals surface area contributed by atoms with Gasteiger partial charge in [-0.3, -0.25) is 14.3 Å². The number of piperidine rings is 1. The van der Waals surface area contributed by atoms with Crippen molar-refractivity contribution in [3.63, 3.8) is 0 Å². The van der Waals surface area contributed by atoms with E-state index in [1.165, 1.54) is 0 Å². The molecule has 1 aliphatic heterocycles. The summed E-state index contributed by atoms with van der Waals surface area (Å²) in [6.07, 6.45) is 4.09. The fourth-order valence-electron chi connectivity index (χ4n) is 3.16. The first-order valence-electron chi connectivity index (χ1n) is 8.91. The van der Waals surface area contributed by atoms with Gasteiger partial charge in [-0.1, -0.05) is 12.1 Å². The molecule has 0 radical (unpaired) electrons. The van der Waals surface area contributed by atoms with Crippen LogP contribution in [-0.2, 0) is 6.54 Å². The summed E-state index contributed by atoms with van der Waals surface area (Å²) in [4.78, 5) is 25.9. The number of nitrogens with one attached hydrogen (secondary N) is 2. The van der Waals surface area contributed by atoms with Crippen molar-refractivity contribution in [1.29, 1.82) is 0 Å². The minimum atomic E-state index is -0.122. The van der Waals surface area contributed by atoms with Crippen molar-refractivity contribution in [1.82, 2.24) is 25.3 Å². The molecule has 0 bridgehead atoms. The van der Waals surface area contributed by atoms with Gasteiger partial charge in [0.05, 0.1) is 6.04 Å². The van der Waals surface area contributed by atoms with Gasteiger partial charge in [0.15, 0.2) is 0 Å². The van der Waals surface area contributed by atoms with Crippen molar-refractivity contribution < 1.29 is 9.59 Å². The Bertz CT molecular complexity index is 769. The molecular formula is C19H26ClN5O2. The lowest BCUT2D eigenvalue weighted by atomic mass is 10.1. The molecule has 8 heteroatoms. The van der Waals surface area contributed by atoms with Gasteiger partial charge in [0, 0.05) is 38.9 Å². The molecule has 1 fully saturated rings. The fourth-order valence-corrected chi connectivity index (χ4v) is 3.16. The van der Waals surface area contributed by atoms with E-state index < -0.39 is 0 Å². The zero-order valence-corrected chi connectivity index (χ0v) is 16.5. The third-order valence-corrected chi connectivity index (χ3v) is 4.68. The molecule has 1 aliphatic rings. The maximum absolute atomic E-state index is 12.6. The number of halogens is 1. The van der Waals surface area contributed by atoms with Crippen LogP contribution in [0.3, 0.4) is 0 Å². The predicted octanol–water partition coefficient (Wildman–Crippen LogP) is 1.86. The van der Waals surface area contributed by atoms with E-state index in [1.807, 2.05) is 23.0 Å². The molecule has 3 rings (SSSR count). The SMILES string of the molecule is CNC(=O)c1ccc(CN(C)C(=O)c2ccn(C3CCCNC3)n2)cc1.Cl. The molecule has 2 N–H and O–H groups in total. The molecule has 2 aromatic rings. The van der Waals surface area contributed by atoms with Gasteiger partial charge in [-0.25, -0.2) is 0 Å². The number of carbonyl (C=O) groups is 2. The minimum absolute atomic E-state index is 0. The number of nitrogens with zero attached hydrogens (tertiary/aromatic N) is 3. The van der Waals surface area contributed by atoms with Crippen molar-refractivity contribution in [2.75, 3.05) is 27.2 Å². The Kier molecular flexibility index (Phi) is 7.38. The fraction of sp³-hybridized carbons (Fsp3) is 0.421. The first-order valence-corrected chi connectivity index (χ1v) is 8.91. The Morgan fingerprint density at radius 3 is 2.67 bits per heavy atom. The number of carbonyl (C=O) groups excluding carboxylic acids is 2. The Hall–Kier alpha value is -2.38. The zero-order valence-electron chi connectivity index (χ0n) is 15.6. The topological polar surface area (TPSA) is 79.3 Å². The molecule has 146 valence electrons. The number of aromatic nitrogens is 2. The zero-order chi connectivity index (χ0) is 18.5. The van der Waals surface area contributed by atoms with E-state index in [0.717, 1.165) is 31.5 Å². The van der Waals surface area contributed by atoms with Gasteiger partial charge in [0.1, 0.15) is 5.69 Å². The maximum Gasteiger partial charge on any atom is 0.274 e. The number of rotatable bonds is 5. The molecule has 0 spiro atoms. The van der Waals surface area contributed by atoms with Crippen molar-refractivity contribution in [2.45, 2.75) is 25.4 Å². The molecule has 2 amide bonds. The summed E-state index contributed by atoms with van der Waals surface area (Å²) in [6, 6.07) is 9.34. The van der Waals surface area contributed by atoms with E-state index in [1.54, 1.807) is 37.2 Å². The van der Waals surface area contributed by atoms with Crippen molar-refractivity contribution in [3.05, 3.63) is 53.3 Å². The molecule has 1 aromatic carbocycles. The van der Waals surface area contributed by atoms with Gasteiger partial charge in [-0.2, -0.15) is 5.10 Å². The second-order valence-corrected chi connectivity index (χ2v) is 6.62. The van der Waals surface area contributed by atoms with Crippen LogP contribution in [0.5, 0.6) is 0 Å². The average Bonchev–Trinajstić information content (AvgIpc) is 3.18. The van der Waals surface area contributed by atoms with Crippen molar-refractivity contribution in [3.8, 4) is 0 Å². The normalized spacial score (nSPS) is 16.3. The van der Waals surface area contributed by atoms with Crippen LogP contribution >= 0.6 is 12.4 Å². The van der Waals surface area contributed by atoms with E-state index in [0.29, 0.717) is 23.8 Å². The highest BCUT2D eigenvalue weighted by Crippen LogP contribution is 2.16. The second-order valence-electron chi connectivity index (χ2n) is 6.62. The van der Waals surface area contributed by atoms with Crippen LogP contribution in [0.1, 0.15) is 45.3 Å². The number of benzene rings is 1. The summed E-state index contributed by atoms with van der Waals surface area (Å²) in [5, 5.41) is 10.4. The third kappa shape index (κ3) is 5.08. The smallest absolute Gasteiger partial charge is 0.274 e. The van der Waals surface area contributed by atoms with Gasteiger partial charge >= 0.3 is 0 Å². The van der Waals surface area contributed by atoms with E-state index in [4.69, 9.17) is 0 Å². The first kappa shape index (κ1) is 20.9. The lowest BCUT2D eigenvalue weighted by Crippen LogP contribution is -2.32. The average molecular weight is 392 g/mol. The van der Waals surface area contributed by atoms with Crippen LogP contribution in [0.2, 0.25) is 0 Å². The second kappa shape index (κ2) is 9.53. The molecule has 0 saturated carbocycles. The monoisotopic (exact) mass is 391 g/mol. The van der Waals surface area contributed by atoms with Crippen LogP contribution in [0.4, 0.5) is 0 Å². The Labute approximate surface area is 165 Å². The van der Waals surface area contributed by atoms with Crippen molar-refractivity contribution >= 4 is 24.2 Å². The van der Waals surface area contributed by atoms with Crippen molar-refractivity contribution in [2.24, 2.45) is 0 Å². The van der Waals surface area contributed by atoms with E-state index in [2.05, 4.69) is 15.7 Å². The predicted molar refractivity (Wildman–Crippen MR) is 106 cm³/mol. The highest BCUT2D eigenvalue weighted by molar-refractivity contribution is 5.94. The maximum atomic E-state index is 12.6. The lowest BCUT2D eigenvalue weighted by Gasteiger charge is -2.23. The molecule has 1 unspecified atom stereocenters. The Morgan fingerprint density at radius 1 is 1.30 bits per heavy atom. The van der Waals surface area contributed by atoms with Gasteiger partial charge in [0.25, 0.3) is 11.8 Å². The summed E-state index contributed by atoms with van der Waals surface area (Å²) in [7, 11) is 3.36. The number of amides is 2. The summed E-state index contributed by atoms with van der Waals surface area (Å²) in [5.41, 5.74) is 2.02. The molecule has 0 aliphatic carbocycles. The first-order chi connectivity index (χ1) is 12.6. The van der Waals surface area contributed by atoms with E-state index in [-0.39, 0.29) is 24.2 Å². The molecule has 1 atom stereocenters. The highest BCUT2D eigenvalue weighted by Gasteiger charge is 2.19. The summed E-state index contributed by atoms with van der Waals surface area (Å²) in [6.45, 7) is 2.40. The lowest BCUT2D eigenvalue weighted by molar-refractivity contribution is 0.0777. The molecule has 2 heterocycles. The van der Waals surface area contributed by atoms with Gasteiger partial charge in [-0.05, 0) is 43.1 Å². The standard InChI is InChI=1S/C19H25N5O2.ClH/c1-20-18(25)15-7-5-14(6-8-15)13-23(2)19(26)17-9-11-24(22-17)16-4-3-10-21-12-16;/h5-9,11,16,21H,3-4,10,12-13H2,1-2H3,(H,20,25);1H. The van der Waals surface area contributed by atoms with Gasteiger partial charge in [-0.15, -0.1) is 12.4 Å². The van der Waals surface area contributed by atoms with Crippen LogP contribution in [0.25, 0.3) is 0 Å². The largest absolute Gasteiger partial charge is 0.355 e. The van der Waals surface area contributed by atoms with E-state index >= 15 is 0 Å². The molecule has 7 nitrogen and oxygen atoms in total. The molecular weight excluding hydrogens is 366 g/mol. The van der Waals surface area contributed by atoms with Gasteiger partial charge in [0.2, 0.25) is 0 Å². The van der Waals surface area contributed by atoms with Crippen LogP contribution in [0, 0.1) is 0 Å². The summed E-state index contributed by atoms with van der Waals surface area (Å²) in [5.74, 6) is -0.230. The Morgan fingerprint density at radius 2 is 2.04 bits per heavy atom. The number of hydrogen-bond donors (Lipinski definition) is 2. The number of hydrogen-bond acceptors (Lipinski definition) is 4. The van der Waals surface area contributed by atoms with Crippen LogP contribution < -0.4 is 10.6 Å². The van der Waals surface area contributed by atoms with Crippen LogP contribution in [-0.4, -0.2) is 53.7 Å². The minimum Gasteiger partial charge on any atom is -0.355 e. The molecule has 1 saturated heterocycles. The summed E-state index contributed by atoms with van der Waals surface area (Å²) >= 11 is 0. The Balaban J connectivity index is 0.00000261. The summed E-state index contributed by atoms with van der Waals surface area (Å²) < 4.78 is 1.89. The van der Waals surface area contributed by atoms with E-state index in [9.17, 15) is 9.59 Å².